The molecule has 90 valence electrons. The first-order chi connectivity index (χ1) is 8.83. The number of benzene rings is 1. The highest BCUT2D eigenvalue weighted by Crippen LogP contribution is 2.23. The third kappa shape index (κ3) is 2.84. The zero-order valence-electron chi connectivity index (χ0n) is 9.96. The van der Waals surface area contributed by atoms with E-state index in [9.17, 15) is 0 Å². The van der Waals surface area contributed by atoms with Gasteiger partial charge >= 0.3 is 0 Å². The van der Waals surface area contributed by atoms with Gasteiger partial charge in [-0.15, -0.1) is 0 Å². The minimum Gasteiger partial charge on any atom is -0.438 e. The van der Waals surface area contributed by atoms with Crippen LogP contribution in [0.1, 0.15) is 11.1 Å². The van der Waals surface area contributed by atoms with Crippen LogP contribution in [0, 0.1) is 11.3 Å². The maximum absolute atomic E-state index is 8.95. The fraction of sp³-hybridized carbons (Fsp3) is 0.143. The molecule has 0 saturated carbocycles. The highest BCUT2D eigenvalue weighted by atomic mass is 16.5. The first-order valence-corrected chi connectivity index (χ1v) is 5.44. The van der Waals surface area contributed by atoms with Gasteiger partial charge in [-0.25, -0.2) is 4.98 Å². The summed E-state index contributed by atoms with van der Waals surface area (Å²) in [5.41, 5.74) is 1.42. The Bertz CT molecular complexity index is 576. The summed E-state index contributed by atoms with van der Waals surface area (Å²) >= 11 is 0. The van der Waals surface area contributed by atoms with Gasteiger partial charge in [-0.05, 0) is 29.8 Å². The molecule has 0 saturated heterocycles. The fourth-order valence-electron chi connectivity index (χ4n) is 1.53. The standard InChI is InChI=1S/C14H12N2O2/c1-17-10-11-4-2-6-13(8-11)18-14-12(9-15)5-3-7-16-14/h2-8H,10H2,1H3. The van der Waals surface area contributed by atoms with Gasteiger partial charge < -0.3 is 9.47 Å². The third-order valence-corrected chi connectivity index (χ3v) is 2.32. The van der Waals surface area contributed by atoms with E-state index in [1.54, 1.807) is 25.4 Å². The predicted octanol–water partition coefficient (Wildman–Crippen LogP) is 2.89. The molecule has 0 radical (unpaired) electrons. The molecule has 18 heavy (non-hydrogen) atoms. The van der Waals surface area contributed by atoms with Crippen LogP contribution in [-0.4, -0.2) is 12.1 Å². The van der Waals surface area contributed by atoms with E-state index >= 15 is 0 Å². The fourth-order valence-corrected chi connectivity index (χ4v) is 1.53. The molecule has 2 aromatic rings. The van der Waals surface area contributed by atoms with Crippen LogP contribution in [0.15, 0.2) is 42.6 Å². The van der Waals surface area contributed by atoms with E-state index in [1.165, 1.54) is 0 Å². The van der Waals surface area contributed by atoms with E-state index in [1.807, 2.05) is 30.3 Å². The summed E-state index contributed by atoms with van der Waals surface area (Å²) in [4.78, 5) is 4.04. The Hall–Kier alpha value is -2.38. The lowest BCUT2D eigenvalue weighted by molar-refractivity contribution is 0.184. The third-order valence-electron chi connectivity index (χ3n) is 2.32. The topological polar surface area (TPSA) is 55.1 Å². The molecule has 0 aliphatic carbocycles. The number of nitriles is 1. The summed E-state index contributed by atoms with van der Waals surface area (Å²) in [6, 6.07) is 12.9. The van der Waals surface area contributed by atoms with Crippen LogP contribution in [0.25, 0.3) is 0 Å². The average molecular weight is 240 g/mol. The molecule has 1 heterocycles. The maximum Gasteiger partial charge on any atom is 0.237 e. The van der Waals surface area contributed by atoms with Gasteiger partial charge in [-0.2, -0.15) is 5.26 Å². The van der Waals surface area contributed by atoms with E-state index in [0.29, 0.717) is 23.8 Å². The van der Waals surface area contributed by atoms with Gasteiger partial charge in [-0.3, -0.25) is 0 Å². The Balaban J connectivity index is 2.23. The smallest absolute Gasteiger partial charge is 0.237 e. The van der Waals surface area contributed by atoms with Crippen molar-refractivity contribution in [1.82, 2.24) is 4.98 Å². The highest BCUT2D eigenvalue weighted by molar-refractivity contribution is 5.40. The monoisotopic (exact) mass is 240 g/mol. The number of nitrogens with zero attached hydrogens (tertiary/aromatic N) is 2. The molecule has 0 unspecified atom stereocenters. The summed E-state index contributed by atoms with van der Waals surface area (Å²) in [7, 11) is 1.64. The van der Waals surface area contributed by atoms with Crippen molar-refractivity contribution in [2.45, 2.75) is 6.61 Å². The van der Waals surface area contributed by atoms with Crippen molar-refractivity contribution >= 4 is 0 Å². The second-order valence-corrected chi connectivity index (χ2v) is 3.65. The average Bonchev–Trinajstić information content (AvgIpc) is 2.40. The minimum atomic E-state index is 0.314. The molecule has 0 atom stereocenters. The predicted molar refractivity (Wildman–Crippen MR) is 66.2 cm³/mol. The van der Waals surface area contributed by atoms with Crippen LogP contribution in [0.4, 0.5) is 0 Å². The SMILES string of the molecule is COCc1cccc(Oc2ncccc2C#N)c1. The summed E-state index contributed by atoms with van der Waals surface area (Å²) in [5.74, 6) is 0.953. The molecule has 0 fully saturated rings. The van der Waals surface area contributed by atoms with Gasteiger partial charge in [0.1, 0.15) is 17.4 Å². The molecule has 0 bridgehead atoms. The van der Waals surface area contributed by atoms with Gasteiger partial charge in [0.25, 0.3) is 0 Å². The van der Waals surface area contributed by atoms with Gasteiger partial charge in [0.15, 0.2) is 0 Å². The van der Waals surface area contributed by atoms with Crippen molar-refractivity contribution < 1.29 is 9.47 Å². The van der Waals surface area contributed by atoms with Crippen molar-refractivity contribution in [3.8, 4) is 17.7 Å². The summed E-state index contributed by atoms with van der Waals surface area (Å²) in [5, 5.41) is 8.95. The van der Waals surface area contributed by atoms with Gasteiger partial charge in [0.2, 0.25) is 5.88 Å². The largest absolute Gasteiger partial charge is 0.438 e. The minimum absolute atomic E-state index is 0.314. The summed E-state index contributed by atoms with van der Waals surface area (Å²) < 4.78 is 10.7. The zero-order chi connectivity index (χ0) is 12.8. The molecule has 4 nitrogen and oxygen atoms in total. The van der Waals surface area contributed by atoms with E-state index in [4.69, 9.17) is 14.7 Å². The van der Waals surface area contributed by atoms with Crippen molar-refractivity contribution in [2.24, 2.45) is 0 Å². The number of rotatable bonds is 4. The van der Waals surface area contributed by atoms with Gasteiger partial charge in [-0.1, -0.05) is 12.1 Å². The zero-order valence-corrected chi connectivity index (χ0v) is 9.96. The summed E-state index contributed by atoms with van der Waals surface area (Å²) in [6.45, 7) is 0.518. The molecule has 0 aliphatic rings. The molecule has 0 spiro atoms. The van der Waals surface area contributed by atoms with Crippen LogP contribution in [-0.2, 0) is 11.3 Å². The highest BCUT2D eigenvalue weighted by Gasteiger charge is 2.05. The van der Waals surface area contributed by atoms with Crippen LogP contribution in [0.3, 0.4) is 0 Å². The lowest BCUT2D eigenvalue weighted by Gasteiger charge is -2.07. The number of hydrogen-bond acceptors (Lipinski definition) is 4. The molecule has 0 amide bonds. The number of pyridine rings is 1. The van der Waals surface area contributed by atoms with Crippen molar-refractivity contribution in [3.63, 3.8) is 0 Å². The van der Waals surface area contributed by atoms with E-state index < -0.39 is 0 Å². The second kappa shape index (κ2) is 5.80. The molecule has 4 heteroatoms. The van der Waals surface area contributed by atoms with Crippen LogP contribution < -0.4 is 4.74 Å². The molecule has 0 N–H and O–H groups in total. The second-order valence-electron chi connectivity index (χ2n) is 3.65. The van der Waals surface area contributed by atoms with Crippen LogP contribution in [0.5, 0.6) is 11.6 Å². The Morgan fingerprint density at radius 1 is 1.28 bits per heavy atom. The normalized spacial score (nSPS) is 9.78. The lowest BCUT2D eigenvalue weighted by Crippen LogP contribution is -1.93. The Labute approximate surface area is 105 Å². The van der Waals surface area contributed by atoms with Crippen LogP contribution >= 0.6 is 0 Å². The molecular formula is C14H12N2O2. The summed E-state index contributed by atoms with van der Waals surface area (Å²) in [6.07, 6.45) is 1.59. The van der Waals surface area contributed by atoms with Gasteiger partial charge in [0.05, 0.1) is 6.61 Å². The first-order valence-electron chi connectivity index (χ1n) is 5.44. The lowest BCUT2D eigenvalue weighted by atomic mass is 10.2. The molecular weight excluding hydrogens is 228 g/mol. The quantitative estimate of drug-likeness (QED) is 0.824. The van der Waals surface area contributed by atoms with E-state index in [-0.39, 0.29) is 0 Å². The van der Waals surface area contributed by atoms with E-state index in [2.05, 4.69) is 4.98 Å². The molecule has 2 rings (SSSR count). The number of methoxy groups -OCH3 is 1. The number of hydrogen-bond donors (Lipinski definition) is 0. The Morgan fingerprint density at radius 2 is 2.17 bits per heavy atom. The van der Waals surface area contributed by atoms with Gasteiger partial charge in [0, 0.05) is 13.3 Å². The Kier molecular flexibility index (Phi) is 3.90. The van der Waals surface area contributed by atoms with Crippen molar-refractivity contribution in [3.05, 3.63) is 53.7 Å². The number of aromatic nitrogens is 1. The number of ether oxygens (including phenoxy) is 2. The Morgan fingerprint density at radius 3 is 2.94 bits per heavy atom. The molecule has 1 aromatic heterocycles. The van der Waals surface area contributed by atoms with Crippen molar-refractivity contribution in [2.75, 3.05) is 7.11 Å². The molecule has 1 aromatic carbocycles. The van der Waals surface area contributed by atoms with Crippen LogP contribution in [0.2, 0.25) is 0 Å². The maximum atomic E-state index is 8.95. The van der Waals surface area contributed by atoms with E-state index in [0.717, 1.165) is 5.56 Å². The van der Waals surface area contributed by atoms with Crippen molar-refractivity contribution in [1.29, 1.82) is 5.26 Å². The first kappa shape index (κ1) is 12.1. The molecule has 0 aliphatic heterocycles.